The maximum atomic E-state index is 13.6. The summed E-state index contributed by atoms with van der Waals surface area (Å²) in [5.74, 6) is -0.602. The number of amides is 1. The topological polar surface area (TPSA) is 102 Å². The summed E-state index contributed by atoms with van der Waals surface area (Å²) in [7, 11) is 0. The number of non-ortho nitro benzene ring substituents is 1. The first-order valence-electron chi connectivity index (χ1n) is 8.64. The predicted octanol–water partition coefficient (Wildman–Crippen LogP) is 3.85. The molecule has 0 saturated carbocycles. The van der Waals surface area contributed by atoms with E-state index in [4.69, 9.17) is 0 Å². The maximum absolute atomic E-state index is 13.6. The number of nitro groups is 1. The predicted molar refractivity (Wildman–Crippen MR) is 97.3 cm³/mol. The zero-order chi connectivity index (χ0) is 21.3. The highest BCUT2D eigenvalue weighted by Gasteiger charge is 2.35. The minimum Gasteiger partial charge on any atom is -0.348 e. The fourth-order valence-corrected chi connectivity index (χ4v) is 2.59. The van der Waals surface area contributed by atoms with Gasteiger partial charge in [0.15, 0.2) is 17.0 Å². The first kappa shape index (κ1) is 20.2. The van der Waals surface area contributed by atoms with E-state index in [-0.39, 0.29) is 34.3 Å². The molecule has 2 heterocycles. The zero-order valence-electron chi connectivity index (χ0n) is 15.4. The average molecular weight is 407 g/mol. The number of hydrogen-bond acceptors (Lipinski definition) is 5. The first-order valence-corrected chi connectivity index (χ1v) is 8.64. The summed E-state index contributed by atoms with van der Waals surface area (Å²) in [6, 6.07) is 6.76. The lowest BCUT2D eigenvalue weighted by Crippen LogP contribution is -2.32. The van der Waals surface area contributed by atoms with E-state index in [1.165, 1.54) is 30.3 Å². The van der Waals surface area contributed by atoms with Crippen LogP contribution < -0.4 is 5.32 Å². The Morgan fingerprint density at radius 3 is 2.48 bits per heavy atom. The van der Waals surface area contributed by atoms with Gasteiger partial charge in [0.2, 0.25) is 0 Å². The molecule has 1 atom stereocenters. The second kappa shape index (κ2) is 7.49. The Morgan fingerprint density at radius 1 is 1.28 bits per heavy atom. The van der Waals surface area contributed by atoms with Gasteiger partial charge in [-0.3, -0.25) is 14.9 Å². The van der Waals surface area contributed by atoms with Crippen LogP contribution in [0, 0.1) is 10.1 Å². The molecule has 0 unspecified atom stereocenters. The van der Waals surface area contributed by atoms with Gasteiger partial charge in [-0.2, -0.15) is 18.3 Å². The molecule has 3 aromatic rings. The smallest absolute Gasteiger partial charge is 0.348 e. The van der Waals surface area contributed by atoms with Gasteiger partial charge in [0.25, 0.3) is 11.6 Å². The van der Waals surface area contributed by atoms with Crippen LogP contribution in [0.25, 0.3) is 16.9 Å². The molecule has 11 heteroatoms. The highest BCUT2D eigenvalue weighted by Crippen LogP contribution is 2.32. The number of carbonyl (C=O) groups excluding carboxylic acids is 1. The van der Waals surface area contributed by atoms with E-state index in [1.54, 1.807) is 6.92 Å². The van der Waals surface area contributed by atoms with Gasteiger partial charge < -0.3 is 5.32 Å². The number of aromatic nitrogens is 3. The number of carbonyl (C=O) groups is 1. The molecule has 1 amide bonds. The van der Waals surface area contributed by atoms with Crippen molar-refractivity contribution < 1.29 is 22.9 Å². The minimum absolute atomic E-state index is 0.0477. The van der Waals surface area contributed by atoms with Crippen LogP contribution in [-0.2, 0) is 6.18 Å². The lowest BCUT2D eigenvalue weighted by atomic mass is 10.1. The number of fused-ring (bicyclic) bond motifs is 1. The first-order chi connectivity index (χ1) is 13.6. The van der Waals surface area contributed by atoms with Gasteiger partial charge >= 0.3 is 6.18 Å². The maximum Gasteiger partial charge on any atom is 0.433 e. The highest BCUT2D eigenvalue weighted by atomic mass is 19.4. The Labute approximate surface area is 162 Å². The van der Waals surface area contributed by atoms with E-state index < -0.39 is 22.7 Å². The highest BCUT2D eigenvalue weighted by molar-refractivity contribution is 5.93. The SMILES string of the molecule is CC[C@@H](C)NC(=O)c1cc2nc(-c3ccc([N+](=O)[O-])cc3)cc(C(F)(F)F)n2n1. The third-order valence-corrected chi connectivity index (χ3v) is 4.31. The van der Waals surface area contributed by atoms with Crippen molar-refractivity contribution in [1.82, 2.24) is 19.9 Å². The van der Waals surface area contributed by atoms with Crippen molar-refractivity contribution in [2.24, 2.45) is 0 Å². The lowest BCUT2D eigenvalue weighted by molar-refractivity contribution is -0.384. The molecular formula is C18H16F3N5O3. The average Bonchev–Trinajstić information content (AvgIpc) is 3.10. The zero-order valence-corrected chi connectivity index (χ0v) is 15.4. The number of hydrogen-bond donors (Lipinski definition) is 1. The fraction of sp³-hybridized carbons (Fsp3) is 0.278. The van der Waals surface area contributed by atoms with Crippen LogP contribution in [-0.4, -0.2) is 31.5 Å². The van der Waals surface area contributed by atoms with Gasteiger partial charge in [0.05, 0.1) is 10.6 Å². The molecule has 3 rings (SSSR count). The number of halogens is 3. The van der Waals surface area contributed by atoms with Crippen LogP contribution in [0.4, 0.5) is 18.9 Å². The van der Waals surface area contributed by atoms with Gasteiger partial charge in [0, 0.05) is 29.8 Å². The number of nitrogens with one attached hydrogen (secondary N) is 1. The fourth-order valence-electron chi connectivity index (χ4n) is 2.59. The molecule has 1 N–H and O–H groups in total. The Morgan fingerprint density at radius 2 is 1.93 bits per heavy atom. The van der Waals surface area contributed by atoms with Gasteiger partial charge in [-0.05, 0) is 31.5 Å². The summed E-state index contributed by atoms with van der Waals surface area (Å²) in [6.07, 6.45) is -4.11. The van der Waals surface area contributed by atoms with E-state index >= 15 is 0 Å². The molecule has 0 aliphatic carbocycles. The molecule has 0 radical (unpaired) electrons. The molecule has 0 bridgehead atoms. The Balaban J connectivity index is 2.11. The molecule has 8 nitrogen and oxygen atoms in total. The number of benzene rings is 1. The summed E-state index contributed by atoms with van der Waals surface area (Å²) in [5, 5.41) is 17.2. The largest absolute Gasteiger partial charge is 0.433 e. The lowest BCUT2D eigenvalue weighted by Gasteiger charge is -2.11. The van der Waals surface area contributed by atoms with E-state index in [0.717, 1.165) is 6.07 Å². The molecule has 0 saturated heterocycles. The van der Waals surface area contributed by atoms with Gasteiger partial charge in [0.1, 0.15) is 0 Å². The third-order valence-electron chi connectivity index (χ3n) is 4.31. The molecular weight excluding hydrogens is 391 g/mol. The molecule has 0 aliphatic rings. The van der Waals surface area contributed by atoms with Crippen molar-refractivity contribution in [2.45, 2.75) is 32.5 Å². The molecule has 2 aromatic heterocycles. The van der Waals surface area contributed by atoms with Crippen LogP contribution in [0.15, 0.2) is 36.4 Å². The Hall–Kier alpha value is -3.50. The van der Waals surface area contributed by atoms with E-state index in [2.05, 4.69) is 15.4 Å². The number of rotatable bonds is 5. The normalized spacial score (nSPS) is 12.7. The van der Waals surface area contributed by atoms with E-state index in [0.29, 0.717) is 10.9 Å². The van der Waals surface area contributed by atoms with Crippen LogP contribution in [0.5, 0.6) is 0 Å². The van der Waals surface area contributed by atoms with Crippen molar-refractivity contribution in [1.29, 1.82) is 0 Å². The monoisotopic (exact) mass is 407 g/mol. The van der Waals surface area contributed by atoms with Crippen LogP contribution in [0.2, 0.25) is 0 Å². The van der Waals surface area contributed by atoms with E-state index in [9.17, 15) is 28.1 Å². The van der Waals surface area contributed by atoms with E-state index in [1.807, 2.05) is 6.92 Å². The summed E-state index contributed by atoms with van der Waals surface area (Å²) >= 11 is 0. The summed E-state index contributed by atoms with van der Waals surface area (Å²) in [6.45, 7) is 3.62. The minimum atomic E-state index is -4.76. The molecule has 152 valence electrons. The molecule has 29 heavy (non-hydrogen) atoms. The standard InChI is InChI=1S/C18H16F3N5O3/c1-3-10(2)22-17(27)14-9-16-23-13(8-15(18(19,20)21)25(16)24-14)11-4-6-12(7-5-11)26(28)29/h4-10H,3H2,1-2H3,(H,22,27)/t10-/m1/s1. The van der Waals surface area contributed by atoms with Crippen molar-refractivity contribution in [2.75, 3.05) is 0 Å². The van der Waals surface area contributed by atoms with Gasteiger partial charge in [-0.25, -0.2) is 9.50 Å². The molecule has 0 fully saturated rings. The Bertz CT molecular complexity index is 1080. The van der Waals surface area contributed by atoms with Gasteiger partial charge in [-0.1, -0.05) is 6.92 Å². The summed E-state index contributed by atoms with van der Waals surface area (Å²) < 4.78 is 41.3. The van der Waals surface area contributed by atoms with Crippen LogP contribution >= 0.6 is 0 Å². The second-order valence-electron chi connectivity index (χ2n) is 6.41. The Kier molecular flexibility index (Phi) is 5.23. The van der Waals surface area contributed by atoms with Crippen LogP contribution in [0.3, 0.4) is 0 Å². The quantitative estimate of drug-likeness (QED) is 0.511. The summed E-state index contributed by atoms with van der Waals surface area (Å²) in [5.41, 5.74) is -1.45. The van der Waals surface area contributed by atoms with Crippen molar-refractivity contribution in [3.8, 4) is 11.3 Å². The van der Waals surface area contributed by atoms with Gasteiger partial charge in [-0.15, -0.1) is 0 Å². The summed E-state index contributed by atoms with van der Waals surface area (Å²) in [4.78, 5) is 26.5. The van der Waals surface area contributed by atoms with Crippen molar-refractivity contribution in [3.63, 3.8) is 0 Å². The van der Waals surface area contributed by atoms with Crippen molar-refractivity contribution >= 4 is 17.2 Å². The number of nitro benzene ring substituents is 1. The van der Waals surface area contributed by atoms with Crippen molar-refractivity contribution in [3.05, 3.63) is 57.9 Å². The number of nitrogens with zero attached hydrogens (tertiary/aromatic N) is 4. The molecule has 0 spiro atoms. The number of alkyl halides is 3. The molecule has 0 aliphatic heterocycles. The third kappa shape index (κ3) is 4.18. The van der Waals surface area contributed by atoms with Crippen LogP contribution in [0.1, 0.15) is 36.5 Å². The molecule has 1 aromatic carbocycles. The second-order valence-corrected chi connectivity index (χ2v) is 6.41.